The Morgan fingerprint density at radius 2 is 1.74 bits per heavy atom. The summed E-state index contributed by atoms with van der Waals surface area (Å²) in [7, 11) is 5.07. The van der Waals surface area contributed by atoms with Crippen molar-refractivity contribution in [3.05, 3.63) is 54.1 Å². The lowest BCUT2D eigenvalue weighted by Gasteiger charge is -2.14. The van der Waals surface area contributed by atoms with Crippen LogP contribution in [0.3, 0.4) is 0 Å². The van der Waals surface area contributed by atoms with E-state index in [9.17, 15) is 0 Å². The van der Waals surface area contributed by atoms with Crippen LogP contribution in [0.25, 0.3) is 0 Å². The third kappa shape index (κ3) is 7.94. The highest BCUT2D eigenvalue weighted by molar-refractivity contribution is 14.0. The molecule has 0 aliphatic rings. The molecular weight excluding hydrogens is 457 g/mol. The fourth-order valence-electron chi connectivity index (χ4n) is 2.41. The third-order valence-corrected chi connectivity index (χ3v) is 3.79. The summed E-state index contributed by atoms with van der Waals surface area (Å²) in [5.74, 6) is 3.21. The van der Waals surface area contributed by atoms with Crippen molar-refractivity contribution in [3.63, 3.8) is 0 Å². The van der Waals surface area contributed by atoms with E-state index in [4.69, 9.17) is 14.2 Å². The molecular formula is C20H28IN3O3. The van der Waals surface area contributed by atoms with Crippen molar-refractivity contribution < 1.29 is 14.2 Å². The van der Waals surface area contributed by atoms with E-state index < -0.39 is 0 Å². The van der Waals surface area contributed by atoms with E-state index in [-0.39, 0.29) is 24.0 Å². The minimum Gasteiger partial charge on any atom is -0.497 e. The molecule has 0 spiro atoms. The second kappa shape index (κ2) is 13.1. The van der Waals surface area contributed by atoms with Gasteiger partial charge in [-0.2, -0.15) is 0 Å². The van der Waals surface area contributed by atoms with Gasteiger partial charge in [-0.25, -0.2) is 0 Å². The number of ether oxygens (including phenoxy) is 3. The maximum atomic E-state index is 5.73. The normalized spacial score (nSPS) is 10.6. The summed E-state index contributed by atoms with van der Waals surface area (Å²) in [6.45, 7) is 2.02. The van der Waals surface area contributed by atoms with Crippen molar-refractivity contribution in [2.24, 2.45) is 4.99 Å². The number of nitrogens with zero attached hydrogens (tertiary/aromatic N) is 1. The highest BCUT2D eigenvalue weighted by Gasteiger charge is 2.03. The lowest BCUT2D eigenvalue weighted by molar-refractivity contribution is 0.308. The fraction of sp³-hybridized carbons (Fsp3) is 0.350. The molecule has 0 radical (unpaired) electrons. The molecule has 0 unspecified atom stereocenters. The van der Waals surface area contributed by atoms with E-state index >= 15 is 0 Å². The van der Waals surface area contributed by atoms with Crippen molar-refractivity contribution in [1.82, 2.24) is 10.6 Å². The van der Waals surface area contributed by atoms with Gasteiger partial charge < -0.3 is 24.8 Å². The molecule has 0 amide bonds. The molecule has 2 rings (SSSR count). The second-order valence-electron chi connectivity index (χ2n) is 5.55. The summed E-state index contributed by atoms with van der Waals surface area (Å²) in [4.78, 5) is 4.23. The Labute approximate surface area is 178 Å². The Morgan fingerprint density at radius 3 is 2.48 bits per heavy atom. The molecule has 0 heterocycles. The molecule has 0 aliphatic heterocycles. The molecule has 0 bridgehead atoms. The Balaban J connectivity index is 0.00000364. The van der Waals surface area contributed by atoms with E-state index in [0.717, 1.165) is 41.7 Å². The van der Waals surface area contributed by atoms with Crippen LogP contribution in [-0.2, 0) is 6.54 Å². The van der Waals surface area contributed by atoms with Crippen molar-refractivity contribution in [1.29, 1.82) is 0 Å². The van der Waals surface area contributed by atoms with Crippen LogP contribution in [0.15, 0.2) is 53.5 Å². The summed E-state index contributed by atoms with van der Waals surface area (Å²) in [6.07, 6.45) is 0.854. The predicted molar refractivity (Wildman–Crippen MR) is 120 cm³/mol. The van der Waals surface area contributed by atoms with E-state index in [2.05, 4.69) is 15.6 Å². The van der Waals surface area contributed by atoms with E-state index in [1.165, 1.54) is 0 Å². The number of para-hydroxylation sites is 1. The van der Waals surface area contributed by atoms with Gasteiger partial charge in [-0.1, -0.05) is 24.3 Å². The number of rotatable bonds is 9. The summed E-state index contributed by atoms with van der Waals surface area (Å²) in [6, 6.07) is 15.5. The minimum atomic E-state index is 0. The number of halogens is 1. The predicted octanol–water partition coefficient (Wildman–Crippen LogP) is 3.46. The van der Waals surface area contributed by atoms with Gasteiger partial charge in [0.25, 0.3) is 0 Å². The summed E-state index contributed by atoms with van der Waals surface area (Å²) < 4.78 is 16.3. The van der Waals surface area contributed by atoms with Gasteiger partial charge in [0, 0.05) is 31.8 Å². The number of nitrogens with one attached hydrogen (secondary N) is 2. The van der Waals surface area contributed by atoms with Crippen LogP contribution in [-0.4, -0.2) is 40.4 Å². The van der Waals surface area contributed by atoms with Crippen molar-refractivity contribution in [3.8, 4) is 17.2 Å². The first-order valence-corrected chi connectivity index (χ1v) is 8.60. The highest BCUT2D eigenvalue weighted by atomic mass is 127. The van der Waals surface area contributed by atoms with Gasteiger partial charge in [0.2, 0.25) is 0 Å². The summed E-state index contributed by atoms with van der Waals surface area (Å²) in [5.41, 5.74) is 1.08. The fourth-order valence-corrected chi connectivity index (χ4v) is 2.41. The number of methoxy groups -OCH3 is 2. The molecule has 27 heavy (non-hydrogen) atoms. The van der Waals surface area contributed by atoms with Crippen LogP contribution in [0.4, 0.5) is 0 Å². The van der Waals surface area contributed by atoms with Gasteiger partial charge in [-0.15, -0.1) is 24.0 Å². The van der Waals surface area contributed by atoms with E-state index in [1.54, 1.807) is 21.3 Å². The summed E-state index contributed by atoms with van der Waals surface area (Å²) in [5, 5.41) is 6.56. The van der Waals surface area contributed by atoms with E-state index in [0.29, 0.717) is 13.2 Å². The Kier molecular flexibility index (Phi) is 11.1. The molecule has 0 aromatic heterocycles. The molecule has 0 saturated carbocycles. The maximum absolute atomic E-state index is 5.73. The van der Waals surface area contributed by atoms with Crippen LogP contribution >= 0.6 is 24.0 Å². The van der Waals surface area contributed by atoms with Gasteiger partial charge in [0.05, 0.1) is 20.8 Å². The summed E-state index contributed by atoms with van der Waals surface area (Å²) >= 11 is 0. The van der Waals surface area contributed by atoms with Gasteiger partial charge >= 0.3 is 0 Å². The first-order chi connectivity index (χ1) is 12.8. The molecule has 2 aromatic rings. The van der Waals surface area contributed by atoms with Gasteiger partial charge in [-0.3, -0.25) is 4.99 Å². The lowest BCUT2D eigenvalue weighted by atomic mass is 10.2. The topological polar surface area (TPSA) is 64.1 Å². The molecule has 7 heteroatoms. The lowest BCUT2D eigenvalue weighted by Crippen LogP contribution is -2.37. The number of hydrogen-bond acceptors (Lipinski definition) is 4. The van der Waals surface area contributed by atoms with Crippen LogP contribution in [0, 0.1) is 0 Å². The Morgan fingerprint density at radius 1 is 0.963 bits per heavy atom. The van der Waals surface area contributed by atoms with Gasteiger partial charge in [0.15, 0.2) is 5.96 Å². The molecule has 2 N–H and O–H groups in total. The largest absolute Gasteiger partial charge is 0.497 e. The third-order valence-electron chi connectivity index (χ3n) is 3.79. The molecule has 0 saturated heterocycles. The van der Waals surface area contributed by atoms with Crippen LogP contribution in [0.2, 0.25) is 0 Å². The van der Waals surface area contributed by atoms with Crippen LogP contribution in [0.5, 0.6) is 17.2 Å². The monoisotopic (exact) mass is 485 g/mol. The zero-order valence-corrected chi connectivity index (χ0v) is 18.4. The molecule has 0 atom stereocenters. The Bertz CT molecular complexity index is 710. The quantitative estimate of drug-likeness (QED) is 0.247. The average Bonchev–Trinajstić information content (AvgIpc) is 2.70. The second-order valence-corrected chi connectivity index (χ2v) is 5.55. The van der Waals surface area contributed by atoms with Crippen molar-refractivity contribution >= 4 is 29.9 Å². The SMILES string of the molecule is CN=C(NCCCOc1cccc(OC)c1)NCc1ccccc1OC.I. The van der Waals surface area contributed by atoms with Crippen molar-refractivity contribution in [2.45, 2.75) is 13.0 Å². The van der Waals surface area contributed by atoms with Gasteiger partial charge in [0.1, 0.15) is 17.2 Å². The standard InChI is InChI=1S/C20H27N3O3.HI/c1-21-20(23-15-16-8-4-5-11-19(16)25-3)22-12-7-13-26-18-10-6-9-17(14-18)24-2;/h4-6,8-11,14H,7,12-13,15H2,1-3H3,(H2,21,22,23);1H. The van der Waals surface area contributed by atoms with Gasteiger partial charge in [-0.05, 0) is 24.6 Å². The Hall–Kier alpha value is -2.16. The van der Waals surface area contributed by atoms with E-state index in [1.807, 2.05) is 48.5 Å². The molecule has 0 fully saturated rings. The molecule has 6 nitrogen and oxygen atoms in total. The zero-order valence-electron chi connectivity index (χ0n) is 16.0. The molecule has 0 aliphatic carbocycles. The van der Waals surface area contributed by atoms with Crippen molar-refractivity contribution in [2.75, 3.05) is 34.4 Å². The van der Waals surface area contributed by atoms with Crippen LogP contribution in [0.1, 0.15) is 12.0 Å². The highest BCUT2D eigenvalue weighted by Crippen LogP contribution is 2.19. The number of benzene rings is 2. The number of guanidine groups is 1. The molecule has 2 aromatic carbocycles. The van der Waals surface area contributed by atoms with Crippen LogP contribution < -0.4 is 24.8 Å². The minimum absolute atomic E-state index is 0. The molecule has 148 valence electrons. The maximum Gasteiger partial charge on any atom is 0.191 e. The first kappa shape index (κ1) is 22.9. The smallest absolute Gasteiger partial charge is 0.191 e. The zero-order chi connectivity index (χ0) is 18.6. The number of hydrogen-bond donors (Lipinski definition) is 2. The average molecular weight is 485 g/mol. The number of aliphatic imine (C=N–C) groups is 1. The first-order valence-electron chi connectivity index (χ1n) is 8.60.